The molecule has 4 aliphatic carbocycles. The van der Waals surface area contributed by atoms with Crippen LogP contribution < -0.4 is 9.84 Å². The summed E-state index contributed by atoms with van der Waals surface area (Å²) in [5.74, 6) is -4.87. The minimum absolute atomic E-state index is 0.0938. The highest BCUT2D eigenvalue weighted by atomic mass is 19.3. The topological polar surface area (TPSA) is 75.7 Å². The zero-order chi connectivity index (χ0) is 24.1. The van der Waals surface area contributed by atoms with Crippen LogP contribution >= 0.6 is 0 Å². The number of halogens is 2. The monoisotopic (exact) mass is 475 g/mol. The highest BCUT2D eigenvalue weighted by molar-refractivity contribution is 5.90. The summed E-state index contributed by atoms with van der Waals surface area (Å²) in [5, 5.41) is 11.1. The van der Waals surface area contributed by atoms with Gasteiger partial charge in [-0.15, -0.1) is 0 Å². The van der Waals surface area contributed by atoms with E-state index in [-0.39, 0.29) is 11.2 Å². The zero-order valence-electron chi connectivity index (χ0n) is 19.6. The van der Waals surface area contributed by atoms with Crippen LogP contribution in [0.5, 0.6) is 5.75 Å². The van der Waals surface area contributed by atoms with Gasteiger partial charge in [-0.05, 0) is 87.5 Å². The number of carboxylic acid groups (broad SMARTS) is 1. The second-order valence-electron chi connectivity index (χ2n) is 11.1. The Morgan fingerprint density at radius 3 is 2.38 bits per heavy atom. The number of carbonyl (C=O) groups is 2. The SMILES string of the molecule is CC1(Oc2ccc(C(=O)OC(C3CCCCC3)C(F)(F)C(=O)[O-])cc2)CC2CC1C1CCCC21. The fraction of sp³-hybridized carbons (Fsp3) is 0.704. The van der Waals surface area contributed by atoms with E-state index in [1.165, 1.54) is 37.8 Å². The summed E-state index contributed by atoms with van der Waals surface area (Å²) in [6.07, 6.45) is 7.29. The van der Waals surface area contributed by atoms with E-state index in [0.29, 0.717) is 37.4 Å². The average molecular weight is 476 g/mol. The molecule has 5 rings (SSSR count). The number of benzene rings is 1. The molecular weight excluding hydrogens is 442 g/mol. The van der Waals surface area contributed by atoms with Crippen molar-refractivity contribution in [3.63, 3.8) is 0 Å². The predicted octanol–water partition coefficient (Wildman–Crippen LogP) is 4.77. The molecule has 4 saturated carbocycles. The minimum atomic E-state index is -4.24. The van der Waals surface area contributed by atoms with Crippen molar-refractivity contribution in [2.75, 3.05) is 0 Å². The lowest BCUT2D eigenvalue weighted by Gasteiger charge is -2.40. The molecule has 186 valence electrons. The summed E-state index contributed by atoms with van der Waals surface area (Å²) >= 11 is 0. The molecule has 0 radical (unpaired) electrons. The summed E-state index contributed by atoms with van der Waals surface area (Å²) in [4.78, 5) is 23.8. The molecule has 2 bridgehead atoms. The van der Waals surface area contributed by atoms with Crippen LogP contribution in [0.25, 0.3) is 0 Å². The number of ether oxygens (including phenoxy) is 2. The lowest BCUT2D eigenvalue weighted by Crippen LogP contribution is -2.54. The van der Waals surface area contributed by atoms with E-state index in [1.54, 1.807) is 12.1 Å². The number of esters is 1. The van der Waals surface area contributed by atoms with Gasteiger partial charge in [0, 0.05) is 11.8 Å². The summed E-state index contributed by atoms with van der Waals surface area (Å²) in [6, 6.07) is 6.35. The first kappa shape index (κ1) is 23.6. The molecule has 1 aromatic carbocycles. The van der Waals surface area contributed by atoms with Gasteiger partial charge in [0.25, 0.3) is 0 Å². The van der Waals surface area contributed by atoms with Gasteiger partial charge >= 0.3 is 11.9 Å². The highest BCUT2D eigenvalue weighted by Gasteiger charge is 2.60. The summed E-state index contributed by atoms with van der Waals surface area (Å²) in [7, 11) is 0. The van der Waals surface area contributed by atoms with Gasteiger partial charge in [-0.2, -0.15) is 8.78 Å². The lowest BCUT2D eigenvalue weighted by molar-refractivity contribution is -0.337. The first-order valence-corrected chi connectivity index (χ1v) is 12.8. The minimum Gasteiger partial charge on any atom is -0.544 e. The van der Waals surface area contributed by atoms with Crippen molar-refractivity contribution in [1.82, 2.24) is 0 Å². The maximum Gasteiger partial charge on any atom is 0.338 e. The number of hydrogen-bond donors (Lipinski definition) is 0. The molecular formula is C27H33F2O5-. The Hall–Kier alpha value is -2.18. The quantitative estimate of drug-likeness (QED) is 0.531. The normalized spacial score (nSPS) is 34.0. The first-order valence-electron chi connectivity index (χ1n) is 12.8. The van der Waals surface area contributed by atoms with Crippen molar-refractivity contribution in [2.45, 2.75) is 88.8 Å². The maximum atomic E-state index is 14.4. The molecule has 34 heavy (non-hydrogen) atoms. The van der Waals surface area contributed by atoms with E-state index < -0.39 is 29.9 Å². The van der Waals surface area contributed by atoms with Crippen molar-refractivity contribution in [3.8, 4) is 5.75 Å². The Bertz CT molecular complexity index is 925. The molecule has 1 aromatic rings. The summed E-state index contributed by atoms with van der Waals surface area (Å²) in [5.41, 5.74) is -0.128. The molecule has 0 amide bonds. The third-order valence-electron chi connectivity index (χ3n) is 9.14. The van der Waals surface area contributed by atoms with Crippen LogP contribution in [0.2, 0.25) is 0 Å². The van der Waals surface area contributed by atoms with E-state index in [9.17, 15) is 23.5 Å². The van der Waals surface area contributed by atoms with Gasteiger partial charge < -0.3 is 19.4 Å². The number of rotatable bonds is 7. The molecule has 6 unspecified atom stereocenters. The van der Waals surface area contributed by atoms with Crippen LogP contribution in [0.15, 0.2) is 24.3 Å². The predicted molar refractivity (Wildman–Crippen MR) is 118 cm³/mol. The summed E-state index contributed by atoms with van der Waals surface area (Å²) < 4.78 is 40.4. The van der Waals surface area contributed by atoms with E-state index in [1.807, 2.05) is 0 Å². The van der Waals surface area contributed by atoms with Gasteiger partial charge in [0.05, 0.1) is 5.56 Å². The fourth-order valence-electron chi connectivity index (χ4n) is 7.64. The highest BCUT2D eigenvalue weighted by Crippen LogP contribution is 2.63. The standard InChI is InChI=1S/C27H34F2O5/c1-26(15-18-14-22(26)21-9-5-8-20(18)21)34-19-12-10-17(11-13-19)24(30)33-23(27(28,29)25(31)32)16-6-3-2-4-7-16/h10-13,16,18,20-23H,2-9,14-15H2,1H3,(H,31,32)/p-1. The van der Waals surface area contributed by atoms with Crippen LogP contribution in [-0.2, 0) is 9.53 Å². The summed E-state index contributed by atoms with van der Waals surface area (Å²) in [6.45, 7) is 2.19. The third-order valence-corrected chi connectivity index (χ3v) is 9.14. The Balaban J connectivity index is 1.26. The Kier molecular flexibility index (Phi) is 6.09. The van der Waals surface area contributed by atoms with Gasteiger partial charge in [-0.3, -0.25) is 0 Å². The number of carboxylic acids is 1. The van der Waals surface area contributed by atoms with Crippen LogP contribution in [0.4, 0.5) is 8.78 Å². The Labute approximate surface area is 199 Å². The lowest BCUT2D eigenvalue weighted by atomic mass is 9.73. The third kappa shape index (κ3) is 4.09. The molecule has 0 heterocycles. The Morgan fingerprint density at radius 1 is 1.03 bits per heavy atom. The van der Waals surface area contributed by atoms with Crippen LogP contribution in [-0.4, -0.2) is 29.6 Å². The molecule has 6 atom stereocenters. The second-order valence-corrected chi connectivity index (χ2v) is 11.1. The van der Waals surface area contributed by atoms with Gasteiger partial charge in [0.1, 0.15) is 17.3 Å². The van der Waals surface area contributed by atoms with Crippen LogP contribution in [0, 0.1) is 29.6 Å². The average Bonchev–Trinajstić information content (AvgIpc) is 3.50. The number of aliphatic carboxylic acids is 1. The van der Waals surface area contributed by atoms with Gasteiger partial charge in [0.2, 0.25) is 0 Å². The Morgan fingerprint density at radius 2 is 1.71 bits per heavy atom. The van der Waals surface area contributed by atoms with Gasteiger partial charge in [-0.25, -0.2) is 4.79 Å². The number of hydrogen-bond acceptors (Lipinski definition) is 5. The van der Waals surface area contributed by atoms with Gasteiger partial charge in [0.15, 0.2) is 6.10 Å². The smallest absolute Gasteiger partial charge is 0.338 e. The van der Waals surface area contributed by atoms with Gasteiger partial charge in [-0.1, -0.05) is 25.7 Å². The molecule has 4 aliphatic rings. The molecule has 0 aliphatic heterocycles. The molecule has 7 heteroatoms. The number of alkyl halides is 2. The number of fused-ring (bicyclic) bond motifs is 5. The van der Waals surface area contributed by atoms with Crippen molar-refractivity contribution < 1.29 is 33.0 Å². The molecule has 0 saturated heterocycles. The molecule has 0 spiro atoms. The van der Waals surface area contributed by atoms with Crippen LogP contribution in [0.1, 0.15) is 81.5 Å². The molecule has 5 nitrogen and oxygen atoms in total. The fourth-order valence-corrected chi connectivity index (χ4v) is 7.64. The second kappa shape index (κ2) is 8.80. The van der Waals surface area contributed by atoms with Crippen molar-refractivity contribution >= 4 is 11.9 Å². The zero-order valence-corrected chi connectivity index (χ0v) is 19.6. The molecule has 4 fully saturated rings. The first-order chi connectivity index (χ1) is 16.2. The molecule has 0 N–H and O–H groups in total. The molecule has 0 aromatic heterocycles. The largest absolute Gasteiger partial charge is 0.544 e. The van der Waals surface area contributed by atoms with Crippen molar-refractivity contribution in [3.05, 3.63) is 29.8 Å². The van der Waals surface area contributed by atoms with E-state index in [0.717, 1.165) is 30.6 Å². The van der Waals surface area contributed by atoms with E-state index in [4.69, 9.17) is 9.47 Å². The van der Waals surface area contributed by atoms with Crippen molar-refractivity contribution in [1.29, 1.82) is 0 Å². The van der Waals surface area contributed by atoms with E-state index in [2.05, 4.69) is 6.92 Å². The van der Waals surface area contributed by atoms with Crippen molar-refractivity contribution in [2.24, 2.45) is 29.6 Å². The number of carbonyl (C=O) groups excluding carboxylic acids is 2. The van der Waals surface area contributed by atoms with Crippen LogP contribution in [0.3, 0.4) is 0 Å². The van der Waals surface area contributed by atoms with E-state index >= 15 is 0 Å². The maximum absolute atomic E-state index is 14.4.